The maximum atomic E-state index is 11.6. The third kappa shape index (κ3) is 3.95. The van der Waals surface area contributed by atoms with Gasteiger partial charge in [0, 0.05) is 12.6 Å². The summed E-state index contributed by atoms with van der Waals surface area (Å²) in [5.41, 5.74) is 0.801. The van der Waals surface area contributed by atoms with Gasteiger partial charge in [-0.15, -0.1) is 0 Å². The summed E-state index contributed by atoms with van der Waals surface area (Å²) in [6, 6.07) is 8.13. The van der Waals surface area contributed by atoms with Gasteiger partial charge in [-0.2, -0.15) is 5.26 Å². The Morgan fingerprint density at radius 1 is 1.47 bits per heavy atom. The van der Waals surface area contributed by atoms with Crippen molar-refractivity contribution in [2.45, 2.75) is 20.0 Å². The number of amides is 1. The molecule has 0 unspecified atom stereocenters. The molecule has 0 aromatic heterocycles. The van der Waals surface area contributed by atoms with Gasteiger partial charge < -0.3 is 10.1 Å². The van der Waals surface area contributed by atoms with E-state index >= 15 is 0 Å². The van der Waals surface area contributed by atoms with Crippen molar-refractivity contribution in [2.24, 2.45) is 0 Å². The van der Waals surface area contributed by atoms with Gasteiger partial charge in [-0.25, -0.2) is 4.79 Å². The molecule has 5 nitrogen and oxygen atoms in total. The number of esters is 1. The van der Waals surface area contributed by atoms with E-state index in [-0.39, 0.29) is 5.91 Å². The summed E-state index contributed by atoms with van der Waals surface area (Å²) in [5, 5.41) is 11.1. The summed E-state index contributed by atoms with van der Waals surface area (Å²) in [6.07, 6.45) is -0.799. The van der Waals surface area contributed by atoms with Crippen LogP contribution in [0.2, 0.25) is 0 Å². The van der Waals surface area contributed by atoms with Crippen LogP contribution in [0.4, 0.5) is 5.69 Å². The fourth-order valence-electron chi connectivity index (χ4n) is 1.18. The highest BCUT2D eigenvalue weighted by Crippen LogP contribution is 2.12. The average Bonchev–Trinajstić information content (AvgIpc) is 2.28. The zero-order valence-corrected chi connectivity index (χ0v) is 9.56. The molecular weight excluding hydrogens is 220 g/mol. The number of rotatable bonds is 3. The molecule has 1 atom stereocenters. The minimum Gasteiger partial charge on any atom is -0.444 e. The van der Waals surface area contributed by atoms with E-state index in [4.69, 9.17) is 10.00 Å². The summed E-state index contributed by atoms with van der Waals surface area (Å²) in [4.78, 5) is 22.4. The van der Waals surface area contributed by atoms with E-state index < -0.39 is 12.1 Å². The van der Waals surface area contributed by atoms with Crippen LogP contribution in [0.25, 0.3) is 0 Å². The van der Waals surface area contributed by atoms with Gasteiger partial charge in [0.1, 0.15) is 6.07 Å². The molecule has 1 amide bonds. The Labute approximate surface area is 99.0 Å². The van der Waals surface area contributed by atoms with Crippen molar-refractivity contribution in [1.29, 1.82) is 5.26 Å². The third-order valence-corrected chi connectivity index (χ3v) is 1.88. The lowest BCUT2D eigenvalue weighted by molar-refractivity contribution is -0.114. The summed E-state index contributed by atoms with van der Waals surface area (Å²) in [6.45, 7) is 2.86. The monoisotopic (exact) mass is 232 g/mol. The predicted octanol–water partition coefficient (Wildman–Crippen LogP) is 1.71. The topological polar surface area (TPSA) is 79.2 Å². The molecule has 1 rings (SSSR count). The molecule has 0 spiro atoms. The van der Waals surface area contributed by atoms with Gasteiger partial charge in [0.15, 0.2) is 6.10 Å². The normalized spacial score (nSPS) is 11.1. The van der Waals surface area contributed by atoms with Crippen LogP contribution in [-0.2, 0) is 9.53 Å². The van der Waals surface area contributed by atoms with Crippen LogP contribution < -0.4 is 5.32 Å². The Balaban J connectivity index is 2.81. The van der Waals surface area contributed by atoms with Crippen molar-refractivity contribution in [2.75, 3.05) is 5.32 Å². The smallest absolute Gasteiger partial charge is 0.339 e. The number of hydrogen-bond donors (Lipinski definition) is 1. The Morgan fingerprint density at radius 3 is 2.76 bits per heavy atom. The van der Waals surface area contributed by atoms with Crippen molar-refractivity contribution < 1.29 is 14.3 Å². The number of hydrogen-bond acceptors (Lipinski definition) is 4. The van der Waals surface area contributed by atoms with Crippen LogP contribution in [0.15, 0.2) is 24.3 Å². The highest BCUT2D eigenvalue weighted by molar-refractivity contribution is 5.93. The van der Waals surface area contributed by atoms with Crippen LogP contribution in [0.3, 0.4) is 0 Å². The van der Waals surface area contributed by atoms with E-state index in [1.807, 2.05) is 0 Å². The second-order valence-corrected chi connectivity index (χ2v) is 3.44. The number of nitrogens with one attached hydrogen (secondary N) is 1. The van der Waals surface area contributed by atoms with Gasteiger partial charge in [0.2, 0.25) is 5.91 Å². The number of anilines is 1. The van der Waals surface area contributed by atoms with Gasteiger partial charge in [0.05, 0.1) is 5.56 Å². The molecule has 88 valence electrons. The second-order valence-electron chi connectivity index (χ2n) is 3.44. The van der Waals surface area contributed by atoms with Gasteiger partial charge in [-0.1, -0.05) is 6.07 Å². The molecule has 17 heavy (non-hydrogen) atoms. The van der Waals surface area contributed by atoms with Gasteiger partial charge in [0.25, 0.3) is 0 Å². The lowest BCUT2D eigenvalue weighted by Gasteiger charge is -2.07. The van der Waals surface area contributed by atoms with Crippen LogP contribution >= 0.6 is 0 Å². The van der Waals surface area contributed by atoms with Gasteiger partial charge in [-0.05, 0) is 25.1 Å². The highest BCUT2D eigenvalue weighted by atomic mass is 16.5. The Bertz CT molecular complexity index is 477. The first-order chi connectivity index (χ1) is 8.02. The van der Waals surface area contributed by atoms with E-state index in [0.29, 0.717) is 11.3 Å². The third-order valence-electron chi connectivity index (χ3n) is 1.88. The van der Waals surface area contributed by atoms with E-state index in [1.54, 1.807) is 24.3 Å². The quantitative estimate of drug-likeness (QED) is 0.804. The van der Waals surface area contributed by atoms with Crippen molar-refractivity contribution in [3.8, 4) is 6.07 Å². The SMILES string of the molecule is CC(=O)Nc1cccc(C(=O)O[C@@H](C)C#N)c1. The first-order valence-corrected chi connectivity index (χ1v) is 5.01. The summed E-state index contributed by atoms with van der Waals surface area (Å²) in [7, 11) is 0. The average molecular weight is 232 g/mol. The molecule has 0 heterocycles. The van der Waals surface area contributed by atoms with Crippen LogP contribution in [0.5, 0.6) is 0 Å². The van der Waals surface area contributed by atoms with Gasteiger partial charge >= 0.3 is 5.97 Å². The lowest BCUT2D eigenvalue weighted by atomic mass is 10.2. The zero-order valence-electron chi connectivity index (χ0n) is 9.56. The maximum Gasteiger partial charge on any atom is 0.339 e. The molecule has 0 aliphatic carbocycles. The molecule has 5 heteroatoms. The number of carbonyl (C=O) groups excluding carboxylic acids is 2. The number of ether oxygens (including phenoxy) is 1. The van der Waals surface area contributed by atoms with E-state index in [2.05, 4.69) is 5.32 Å². The highest BCUT2D eigenvalue weighted by Gasteiger charge is 2.11. The summed E-state index contributed by atoms with van der Waals surface area (Å²) < 4.78 is 4.83. The molecule has 0 bridgehead atoms. The summed E-state index contributed by atoms with van der Waals surface area (Å²) in [5.74, 6) is -0.813. The largest absolute Gasteiger partial charge is 0.444 e. The Morgan fingerprint density at radius 2 is 2.18 bits per heavy atom. The zero-order chi connectivity index (χ0) is 12.8. The van der Waals surface area contributed by atoms with Crippen LogP contribution in [0.1, 0.15) is 24.2 Å². The fraction of sp³-hybridized carbons (Fsp3) is 0.250. The van der Waals surface area contributed by atoms with E-state index in [9.17, 15) is 9.59 Å². The first-order valence-electron chi connectivity index (χ1n) is 5.01. The van der Waals surface area contributed by atoms with Crippen molar-refractivity contribution >= 4 is 17.6 Å². The molecule has 1 N–H and O–H groups in total. The second kappa shape index (κ2) is 5.66. The maximum absolute atomic E-state index is 11.6. The number of benzene rings is 1. The van der Waals surface area contributed by atoms with E-state index in [0.717, 1.165) is 0 Å². The van der Waals surface area contributed by atoms with Crippen LogP contribution in [-0.4, -0.2) is 18.0 Å². The molecular formula is C12H12N2O3. The van der Waals surface area contributed by atoms with Crippen molar-refractivity contribution in [1.82, 2.24) is 0 Å². The Kier molecular flexibility index (Phi) is 4.23. The number of nitrogens with zero attached hydrogens (tertiary/aromatic N) is 1. The molecule has 0 saturated carbocycles. The fourth-order valence-corrected chi connectivity index (χ4v) is 1.18. The first kappa shape index (κ1) is 12.7. The lowest BCUT2D eigenvalue weighted by Crippen LogP contribution is -2.13. The molecule has 0 saturated heterocycles. The summed E-state index contributed by atoms with van der Waals surface area (Å²) >= 11 is 0. The van der Waals surface area contributed by atoms with Gasteiger partial charge in [-0.3, -0.25) is 4.79 Å². The number of nitriles is 1. The number of carbonyl (C=O) groups is 2. The van der Waals surface area contributed by atoms with Crippen LogP contribution in [0, 0.1) is 11.3 Å². The standard InChI is InChI=1S/C12H12N2O3/c1-8(7-13)17-12(16)10-4-3-5-11(6-10)14-9(2)15/h3-6,8H,1-2H3,(H,14,15)/t8-/m0/s1. The van der Waals surface area contributed by atoms with Crippen molar-refractivity contribution in [3.63, 3.8) is 0 Å². The minimum atomic E-state index is -0.799. The van der Waals surface area contributed by atoms with E-state index in [1.165, 1.54) is 19.9 Å². The predicted molar refractivity (Wildman–Crippen MR) is 61.2 cm³/mol. The molecule has 1 aromatic rings. The Hall–Kier alpha value is -2.35. The molecule has 0 aliphatic heterocycles. The minimum absolute atomic E-state index is 0.221. The molecule has 1 aromatic carbocycles. The van der Waals surface area contributed by atoms with Crippen molar-refractivity contribution in [3.05, 3.63) is 29.8 Å². The molecule has 0 radical (unpaired) electrons. The molecule has 0 aliphatic rings. The molecule has 0 fully saturated rings.